The third-order valence-electron chi connectivity index (χ3n) is 3.37. The van der Waals surface area contributed by atoms with Crippen molar-refractivity contribution in [1.29, 1.82) is 0 Å². The summed E-state index contributed by atoms with van der Waals surface area (Å²) in [5.41, 5.74) is 0.854. The van der Waals surface area contributed by atoms with Crippen LogP contribution in [0.1, 0.15) is 12.5 Å². The van der Waals surface area contributed by atoms with Crippen molar-refractivity contribution in [2.75, 3.05) is 19.8 Å². The normalized spacial score (nSPS) is 21.6. The van der Waals surface area contributed by atoms with Crippen molar-refractivity contribution in [1.82, 2.24) is 20.4 Å². The van der Waals surface area contributed by atoms with Crippen molar-refractivity contribution in [3.63, 3.8) is 0 Å². The van der Waals surface area contributed by atoms with Crippen LogP contribution in [0.25, 0.3) is 0 Å². The highest BCUT2D eigenvalue weighted by Crippen LogP contribution is 2.20. The Kier molecular flexibility index (Phi) is 4.57. The molecule has 0 bridgehead atoms. The number of aromatic amines is 1. The van der Waals surface area contributed by atoms with E-state index in [2.05, 4.69) is 15.5 Å². The second kappa shape index (κ2) is 6.38. The predicted molar refractivity (Wildman–Crippen MR) is 68.9 cm³/mol. The maximum atomic E-state index is 12.2. The maximum absolute atomic E-state index is 12.2. The summed E-state index contributed by atoms with van der Waals surface area (Å²) < 4.78 is 5.20. The van der Waals surface area contributed by atoms with Gasteiger partial charge in [0.25, 0.3) is 0 Å². The molecule has 1 saturated heterocycles. The van der Waals surface area contributed by atoms with Crippen molar-refractivity contribution < 1.29 is 19.4 Å². The number of ether oxygens (including phenoxy) is 1. The number of likely N-dealkylation sites (N-methyl/N-ethyl adjacent to an activating group) is 1. The summed E-state index contributed by atoms with van der Waals surface area (Å²) >= 11 is 0. The molecule has 0 radical (unpaired) electrons. The number of carbonyl (C=O) groups excluding carboxylic acids is 1. The van der Waals surface area contributed by atoms with E-state index in [0.29, 0.717) is 13.1 Å². The first-order chi connectivity index (χ1) is 9.63. The molecule has 110 valence electrons. The molecule has 2 heterocycles. The Morgan fingerprint density at radius 3 is 3.00 bits per heavy atom. The lowest BCUT2D eigenvalue weighted by Gasteiger charge is -2.29. The number of rotatable bonds is 5. The molecule has 1 fully saturated rings. The summed E-state index contributed by atoms with van der Waals surface area (Å²) in [6.45, 7) is 2.98. The molecule has 0 saturated carbocycles. The van der Waals surface area contributed by atoms with Gasteiger partial charge in [0, 0.05) is 24.8 Å². The number of carbonyl (C=O) groups is 2. The number of nitrogens with one attached hydrogen (secondary N) is 2. The van der Waals surface area contributed by atoms with Gasteiger partial charge < -0.3 is 20.1 Å². The summed E-state index contributed by atoms with van der Waals surface area (Å²) in [7, 11) is 0. The first-order valence-electron chi connectivity index (χ1n) is 6.46. The minimum Gasteiger partial charge on any atom is -0.481 e. The standard InChI is InChI=1S/C12H18N4O4/c1-2-16(10-7-20-6-9(10)11(17)18)12(19)13-3-8-4-14-15-5-8/h4-5,9-10H,2-3,6-7H2,1H3,(H,13,19)(H,14,15)(H,17,18). The van der Waals surface area contributed by atoms with E-state index in [4.69, 9.17) is 9.84 Å². The van der Waals surface area contributed by atoms with Crippen LogP contribution in [0, 0.1) is 5.92 Å². The van der Waals surface area contributed by atoms with Gasteiger partial charge in [-0.15, -0.1) is 0 Å². The molecular weight excluding hydrogens is 264 g/mol. The van der Waals surface area contributed by atoms with E-state index in [1.54, 1.807) is 12.4 Å². The molecule has 8 heteroatoms. The van der Waals surface area contributed by atoms with Crippen LogP contribution in [-0.4, -0.2) is 58.0 Å². The molecule has 2 atom stereocenters. The highest BCUT2D eigenvalue weighted by atomic mass is 16.5. The number of aromatic nitrogens is 2. The molecule has 8 nitrogen and oxygen atoms in total. The highest BCUT2D eigenvalue weighted by Gasteiger charge is 2.39. The van der Waals surface area contributed by atoms with Crippen LogP contribution < -0.4 is 5.32 Å². The van der Waals surface area contributed by atoms with Gasteiger partial charge in [-0.2, -0.15) is 5.10 Å². The Bertz CT molecular complexity index is 462. The SMILES string of the molecule is CCN(C(=O)NCc1cn[nH]c1)C1COCC1C(=O)O. The van der Waals surface area contributed by atoms with Crippen LogP contribution in [-0.2, 0) is 16.1 Å². The largest absolute Gasteiger partial charge is 0.481 e. The lowest BCUT2D eigenvalue weighted by Crippen LogP contribution is -2.50. The molecule has 0 spiro atoms. The van der Waals surface area contributed by atoms with Gasteiger partial charge in [-0.3, -0.25) is 9.89 Å². The number of urea groups is 1. The predicted octanol–water partition coefficient (Wildman–Crippen LogP) is 0.0408. The Morgan fingerprint density at radius 1 is 1.60 bits per heavy atom. The van der Waals surface area contributed by atoms with Crippen molar-refractivity contribution in [3.8, 4) is 0 Å². The first-order valence-corrected chi connectivity index (χ1v) is 6.46. The fraction of sp³-hybridized carbons (Fsp3) is 0.583. The van der Waals surface area contributed by atoms with Crippen molar-refractivity contribution in [3.05, 3.63) is 18.0 Å². The third-order valence-corrected chi connectivity index (χ3v) is 3.37. The molecule has 0 aromatic carbocycles. The Morgan fingerprint density at radius 2 is 2.40 bits per heavy atom. The second-order valence-corrected chi connectivity index (χ2v) is 4.60. The highest BCUT2D eigenvalue weighted by molar-refractivity contribution is 5.77. The molecule has 3 N–H and O–H groups in total. The van der Waals surface area contributed by atoms with E-state index in [9.17, 15) is 9.59 Å². The zero-order valence-corrected chi connectivity index (χ0v) is 11.2. The minimum absolute atomic E-state index is 0.144. The molecule has 1 aliphatic heterocycles. The van der Waals surface area contributed by atoms with Crippen LogP contribution in [0.3, 0.4) is 0 Å². The summed E-state index contributed by atoms with van der Waals surface area (Å²) in [6, 6.07) is -0.725. The van der Waals surface area contributed by atoms with Crippen LogP contribution in [0.5, 0.6) is 0 Å². The average molecular weight is 282 g/mol. The Hall–Kier alpha value is -2.09. The first kappa shape index (κ1) is 14.3. The monoisotopic (exact) mass is 282 g/mol. The van der Waals surface area contributed by atoms with Crippen LogP contribution >= 0.6 is 0 Å². The number of hydrogen-bond donors (Lipinski definition) is 3. The molecular formula is C12H18N4O4. The molecule has 1 aromatic rings. The lowest BCUT2D eigenvalue weighted by molar-refractivity contribution is -0.142. The van der Waals surface area contributed by atoms with Gasteiger partial charge in [0.15, 0.2) is 0 Å². The molecule has 20 heavy (non-hydrogen) atoms. The topological polar surface area (TPSA) is 108 Å². The molecule has 2 unspecified atom stereocenters. The molecule has 2 rings (SSSR count). The average Bonchev–Trinajstić information content (AvgIpc) is 3.08. The second-order valence-electron chi connectivity index (χ2n) is 4.60. The number of hydrogen-bond acceptors (Lipinski definition) is 4. The van der Waals surface area contributed by atoms with Crippen molar-refractivity contribution >= 4 is 12.0 Å². The zero-order chi connectivity index (χ0) is 14.5. The van der Waals surface area contributed by atoms with Gasteiger partial charge >= 0.3 is 12.0 Å². The fourth-order valence-corrected chi connectivity index (χ4v) is 2.27. The Balaban J connectivity index is 1.96. The van der Waals surface area contributed by atoms with E-state index < -0.39 is 17.9 Å². The third kappa shape index (κ3) is 3.08. The quantitative estimate of drug-likeness (QED) is 0.707. The van der Waals surface area contributed by atoms with E-state index in [-0.39, 0.29) is 19.2 Å². The van der Waals surface area contributed by atoms with E-state index >= 15 is 0 Å². The number of amides is 2. The summed E-state index contributed by atoms with van der Waals surface area (Å²) in [6.07, 6.45) is 3.31. The van der Waals surface area contributed by atoms with Crippen molar-refractivity contribution in [2.24, 2.45) is 5.92 Å². The Labute approximate surface area is 116 Å². The number of aliphatic carboxylic acids is 1. The van der Waals surface area contributed by atoms with Crippen LogP contribution in [0.2, 0.25) is 0 Å². The van der Waals surface area contributed by atoms with Crippen LogP contribution in [0.4, 0.5) is 4.79 Å². The van der Waals surface area contributed by atoms with Gasteiger partial charge in [0.2, 0.25) is 0 Å². The molecule has 0 aliphatic carbocycles. The van der Waals surface area contributed by atoms with Crippen LogP contribution in [0.15, 0.2) is 12.4 Å². The van der Waals surface area contributed by atoms with Gasteiger partial charge in [0.1, 0.15) is 5.92 Å². The molecule has 2 amide bonds. The van der Waals surface area contributed by atoms with E-state index in [1.807, 2.05) is 6.92 Å². The minimum atomic E-state index is -0.936. The zero-order valence-electron chi connectivity index (χ0n) is 11.2. The number of carboxylic acids is 1. The lowest BCUT2D eigenvalue weighted by atomic mass is 10.0. The summed E-state index contributed by atoms with van der Waals surface area (Å²) in [4.78, 5) is 24.8. The van der Waals surface area contributed by atoms with Crippen molar-refractivity contribution in [2.45, 2.75) is 19.5 Å². The number of H-pyrrole nitrogens is 1. The summed E-state index contributed by atoms with van der Waals surface area (Å²) in [5.74, 6) is -1.61. The van der Waals surface area contributed by atoms with Gasteiger partial charge in [-0.1, -0.05) is 0 Å². The molecule has 1 aromatic heterocycles. The van der Waals surface area contributed by atoms with Gasteiger partial charge in [-0.05, 0) is 6.92 Å². The number of nitrogens with zero attached hydrogens (tertiary/aromatic N) is 2. The van der Waals surface area contributed by atoms with Gasteiger partial charge in [-0.25, -0.2) is 4.79 Å². The maximum Gasteiger partial charge on any atom is 0.318 e. The summed E-state index contributed by atoms with van der Waals surface area (Å²) in [5, 5.41) is 18.3. The van der Waals surface area contributed by atoms with Gasteiger partial charge in [0.05, 0.1) is 25.5 Å². The molecule has 1 aliphatic rings. The van der Waals surface area contributed by atoms with E-state index in [1.165, 1.54) is 4.90 Å². The van der Waals surface area contributed by atoms with E-state index in [0.717, 1.165) is 5.56 Å². The smallest absolute Gasteiger partial charge is 0.318 e. The number of carboxylic acid groups (broad SMARTS) is 1. The fourth-order valence-electron chi connectivity index (χ4n) is 2.27.